The summed E-state index contributed by atoms with van der Waals surface area (Å²) in [6, 6.07) is 6.06. The van der Waals surface area contributed by atoms with Crippen LogP contribution in [0.15, 0.2) is 54.0 Å². The average molecular weight is 546 g/mol. The van der Waals surface area contributed by atoms with Gasteiger partial charge in [0.2, 0.25) is 10.0 Å². The van der Waals surface area contributed by atoms with Crippen LogP contribution in [0.25, 0.3) is 51.5 Å². The summed E-state index contributed by atoms with van der Waals surface area (Å²) in [6.07, 6.45) is 11.5. The second-order valence-corrected chi connectivity index (χ2v) is 10.5. The van der Waals surface area contributed by atoms with E-state index in [1.54, 1.807) is 36.9 Å². The summed E-state index contributed by atoms with van der Waals surface area (Å²) >= 11 is 0. The van der Waals surface area contributed by atoms with Gasteiger partial charge in [-0.1, -0.05) is 6.08 Å². The molecule has 0 saturated carbocycles. The molecule has 0 atom stereocenters. The molecule has 0 saturated heterocycles. The smallest absolute Gasteiger partial charge is 0.209 e. The maximum absolute atomic E-state index is 14.5. The van der Waals surface area contributed by atoms with Crippen molar-refractivity contribution < 1.29 is 12.8 Å². The summed E-state index contributed by atoms with van der Waals surface area (Å²) in [5.74, 6) is -0.0441. The van der Waals surface area contributed by atoms with Gasteiger partial charge in [0.15, 0.2) is 5.82 Å². The number of benzene rings is 1. The molecule has 4 N–H and O–H groups in total. The first-order valence-corrected chi connectivity index (χ1v) is 13.6. The molecule has 0 aliphatic rings. The van der Waals surface area contributed by atoms with E-state index in [1.165, 1.54) is 12.1 Å². The molecule has 0 spiro atoms. The van der Waals surface area contributed by atoms with Crippen LogP contribution in [0, 0.1) is 5.82 Å². The van der Waals surface area contributed by atoms with Crippen molar-refractivity contribution in [2.45, 2.75) is 13.5 Å². The van der Waals surface area contributed by atoms with E-state index in [-0.39, 0.29) is 6.54 Å². The van der Waals surface area contributed by atoms with Crippen molar-refractivity contribution in [2.75, 3.05) is 6.26 Å². The fourth-order valence-corrected chi connectivity index (χ4v) is 4.56. The molecule has 4 heterocycles. The third-order valence-corrected chi connectivity index (χ3v) is 6.55. The fraction of sp³-hybridized carbons (Fsp3) is 0.115. The number of aromatic nitrogens is 7. The molecule has 13 heteroatoms. The maximum atomic E-state index is 14.5. The number of H-pyrrole nitrogens is 3. The Morgan fingerprint density at radius 2 is 2.10 bits per heavy atom. The van der Waals surface area contributed by atoms with E-state index in [1.807, 2.05) is 19.1 Å². The quantitative estimate of drug-likeness (QED) is 0.219. The van der Waals surface area contributed by atoms with Crippen LogP contribution in [-0.2, 0) is 16.6 Å². The Bertz CT molecular complexity index is 1940. The van der Waals surface area contributed by atoms with Gasteiger partial charge in [-0.25, -0.2) is 22.5 Å². The highest BCUT2D eigenvalue weighted by Gasteiger charge is 2.16. The Morgan fingerprint density at radius 1 is 1.26 bits per heavy atom. The molecule has 0 fully saturated rings. The number of pyridine rings is 1. The molecule has 198 valence electrons. The number of nitrogens with zero attached hydrogens (tertiary/aromatic N) is 5. The number of hydrogen-bond acceptors (Lipinski definition) is 7. The molecule has 0 radical (unpaired) electrons. The zero-order chi connectivity index (χ0) is 27.6. The summed E-state index contributed by atoms with van der Waals surface area (Å²) in [4.78, 5) is 16.5. The summed E-state index contributed by atoms with van der Waals surface area (Å²) in [7, 11) is -3.45. The minimum atomic E-state index is -3.45. The molecule has 0 aliphatic carbocycles. The molecule has 39 heavy (non-hydrogen) atoms. The number of halogens is 1. The largest absolute Gasteiger partial charge is 0.336 e. The van der Waals surface area contributed by atoms with Crippen molar-refractivity contribution in [2.24, 2.45) is 4.99 Å². The van der Waals surface area contributed by atoms with Gasteiger partial charge in [-0.2, -0.15) is 10.2 Å². The molecule has 0 bridgehead atoms. The first-order chi connectivity index (χ1) is 18.8. The van der Waals surface area contributed by atoms with E-state index in [9.17, 15) is 12.8 Å². The van der Waals surface area contributed by atoms with Crippen LogP contribution >= 0.6 is 0 Å². The molecule has 0 aliphatic heterocycles. The molecule has 5 aromatic rings. The van der Waals surface area contributed by atoms with E-state index in [0.717, 1.165) is 28.0 Å². The fourth-order valence-electron chi connectivity index (χ4n) is 4.13. The van der Waals surface area contributed by atoms with Crippen LogP contribution in [0.1, 0.15) is 18.1 Å². The zero-order valence-electron chi connectivity index (χ0n) is 21.0. The predicted octanol–water partition coefficient (Wildman–Crippen LogP) is 2.25. The SMILES string of the molecule is C=N\C=C(/C=c1/c(-c2nc3c(-c4cc(F)cc(CNS(C)(=O)=O)c4)nccc3[nH]2)n[nH]/c1=C\C)c1cn[nH]c1. The van der Waals surface area contributed by atoms with Gasteiger partial charge in [0.25, 0.3) is 0 Å². The highest BCUT2D eigenvalue weighted by atomic mass is 32.2. The van der Waals surface area contributed by atoms with E-state index >= 15 is 0 Å². The maximum Gasteiger partial charge on any atom is 0.209 e. The molecule has 0 amide bonds. The first kappa shape index (κ1) is 25.9. The van der Waals surface area contributed by atoms with Crippen molar-refractivity contribution in [3.8, 4) is 22.8 Å². The normalized spacial score (nSPS) is 13.5. The lowest BCUT2D eigenvalue weighted by atomic mass is 10.1. The molecule has 5 rings (SSSR count). The second kappa shape index (κ2) is 10.6. The number of hydrogen-bond donors (Lipinski definition) is 4. The summed E-state index contributed by atoms with van der Waals surface area (Å²) in [5, 5.41) is 15.9. The van der Waals surface area contributed by atoms with Gasteiger partial charge < -0.3 is 4.98 Å². The molecule has 4 aromatic heterocycles. The third-order valence-electron chi connectivity index (χ3n) is 5.88. The van der Waals surface area contributed by atoms with Crippen LogP contribution in [-0.4, -0.2) is 56.7 Å². The van der Waals surface area contributed by atoms with Gasteiger partial charge in [0.1, 0.15) is 17.0 Å². The van der Waals surface area contributed by atoms with Gasteiger partial charge in [-0.15, -0.1) is 0 Å². The molecular formula is C26H24FN9O2S. The zero-order valence-corrected chi connectivity index (χ0v) is 21.8. The van der Waals surface area contributed by atoms with Crippen LogP contribution in [0.4, 0.5) is 4.39 Å². The number of nitrogens with one attached hydrogen (secondary N) is 4. The van der Waals surface area contributed by atoms with Gasteiger partial charge in [0, 0.05) is 47.1 Å². The van der Waals surface area contributed by atoms with Gasteiger partial charge >= 0.3 is 0 Å². The lowest BCUT2D eigenvalue weighted by molar-refractivity contribution is 0.586. The standard InChI is InChI=1S/C26H24FN9O2S/c1-4-21-20(10-17(12-28-2)18-13-30-31-14-18)24(36-35-21)26-33-22-5-6-29-23(25(22)34-26)16-7-15(8-19(27)9-16)11-32-39(3,37)38/h4-10,12-14,32,35H,2,11H2,1,3H3,(H,30,31)(H,33,34)/b17-12+,20-10+,21-4-. The number of aliphatic imine (C=N–C) groups is 1. The van der Waals surface area contributed by atoms with Crippen LogP contribution in [0.2, 0.25) is 0 Å². The molecule has 1 aromatic carbocycles. The second-order valence-electron chi connectivity index (χ2n) is 8.67. The van der Waals surface area contributed by atoms with Crippen LogP contribution in [0.5, 0.6) is 0 Å². The Labute approximate surface area is 222 Å². The predicted molar refractivity (Wildman–Crippen MR) is 149 cm³/mol. The lowest BCUT2D eigenvalue weighted by Crippen LogP contribution is -2.23. The summed E-state index contributed by atoms with van der Waals surface area (Å²) in [6.45, 7) is 5.41. The summed E-state index contributed by atoms with van der Waals surface area (Å²) in [5.41, 5.74) is 4.67. The van der Waals surface area contributed by atoms with Crippen LogP contribution in [0.3, 0.4) is 0 Å². The van der Waals surface area contributed by atoms with E-state index in [0.29, 0.717) is 39.4 Å². The number of sulfonamides is 1. The van der Waals surface area contributed by atoms with Crippen molar-refractivity contribution in [1.82, 2.24) is 40.1 Å². The topological polar surface area (TPSA) is 157 Å². The van der Waals surface area contributed by atoms with Crippen molar-refractivity contribution in [1.29, 1.82) is 0 Å². The first-order valence-electron chi connectivity index (χ1n) is 11.7. The minimum absolute atomic E-state index is 0.0553. The van der Waals surface area contributed by atoms with Gasteiger partial charge in [-0.3, -0.25) is 20.2 Å². The van der Waals surface area contributed by atoms with Crippen LogP contribution < -0.4 is 15.3 Å². The Hall–Kier alpha value is -4.75. The number of imidazole rings is 1. The number of allylic oxidation sites excluding steroid dienone is 1. The van der Waals surface area contributed by atoms with E-state index in [4.69, 9.17) is 4.98 Å². The Morgan fingerprint density at radius 3 is 2.82 bits per heavy atom. The number of rotatable bonds is 8. The average Bonchev–Trinajstić information content (AvgIpc) is 3.65. The van der Waals surface area contributed by atoms with Gasteiger partial charge in [0.05, 0.1) is 29.0 Å². The minimum Gasteiger partial charge on any atom is -0.336 e. The number of aromatic amines is 3. The van der Waals surface area contributed by atoms with E-state index < -0.39 is 15.8 Å². The van der Waals surface area contributed by atoms with Crippen molar-refractivity contribution >= 4 is 45.5 Å². The molecule has 11 nitrogen and oxygen atoms in total. The summed E-state index contributed by atoms with van der Waals surface area (Å²) < 4.78 is 39.9. The highest BCUT2D eigenvalue weighted by molar-refractivity contribution is 7.88. The van der Waals surface area contributed by atoms with Crippen molar-refractivity contribution in [3.05, 3.63) is 76.6 Å². The third kappa shape index (κ3) is 5.58. The molecule has 0 unspecified atom stereocenters. The monoisotopic (exact) mass is 545 g/mol. The number of fused-ring (bicyclic) bond motifs is 1. The highest BCUT2D eigenvalue weighted by Crippen LogP contribution is 2.28. The lowest BCUT2D eigenvalue weighted by Gasteiger charge is -2.07. The molecular weight excluding hydrogens is 521 g/mol. The Balaban J connectivity index is 1.64. The van der Waals surface area contributed by atoms with Gasteiger partial charge in [-0.05, 0) is 49.5 Å². The van der Waals surface area contributed by atoms with E-state index in [2.05, 4.69) is 46.8 Å². The Kier molecular flexibility index (Phi) is 7.00. The van der Waals surface area contributed by atoms with Crippen molar-refractivity contribution in [3.63, 3.8) is 0 Å².